The summed E-state index contributed by atoms with van der Waals surface area (Å²) in [7, 11) is 0. The molecule has 0 aliphatic carbocycles. The predicted molar refractivity (Wildman–Crippen MR) is 87.3 cm³/mol. The van der Waals surface area contributed by atoms with Gasteiger partial charge in [-0.15, -0.1) is 0 Å². The molecule has 0 aliphatic heterocycles. The molecule has 1 N–H and O–H groups in total. The SMILES string of the molecule is CCCCC(CC)COc1ccc(C(C)NCC)cc1. The van der Waals surface area contributed by atoms with Gasteiger partial charge in [-0.2, -0.15) is 0 Å². The first kappa shape index (κ1) is 17.0. The van der Waals surface area contributed by atoms with Gasteiger partial charge in [-0.3, -0.25) is 0 Å². The molecule has 2 unspecified atom stereocenters. The lowest BCUT2D eigenvalue weighted by molar-refractivity contribution is 0.233. The summed E-state index contributed by atoms with van der Waals surface area (Å²) in [6.07, 6.45) is 5.06. The van der Waals surface area contributed by atoms with Crippen molar-refractivity contribution in [3.8, 4) is 5.75 Å². The number of nitrogens with one attached hydrogen (secondary N) is 1. The summed E-state index contributed by atoms with van der Waals surface area (Å²) in [6, 6.07) is 8.92. The Balaban J connectivity index is 2.44. The van der Waals surface area contributed by atoms with Gasteiger partial charge in [0.2, 0.25) is 0 Å². The second kappa shape index (κ2) is 9.82. The van der Waals surface area contributed by atoms with Crippen molar-refractivity contribution in [3.63, 3.8) is 0 Å². The molecule has 1 rings (SSSR count). The van der Waals surface area contributed by atoms with Crippen LogP contribution in [0.3, 0.4) is 0 Å². The molecule has 2 heteroatoms. The topological polar surface area (TPSA) is 21.3 Å². The summed E-state index contributed by atoms with van der Waals surface area (Å²) in [5, 5.41) is 3.42. The van der Waals surface area contributed by atoms with Gasteiger partial charge in [0.25, 0.3) is 0 Å². The normalized spacial score (nSPS) is 14.0. The Hall–Kier alpha value is -1.02. The molecular weight excluding hydrogens is 246 g/mol. The van der Waals surface area contributed by atoms with Crippen molar-refractivity contribution in [2.45, 2.75) is 59.4 Å². The summed E-state index contributed by atoms with van der Waals surface area (Å²) in [6.45, 7) is 10.7. The Kier molecular flexibility index (Phi) is 8.36. The van der Waals surface area contributed by atoms with Gasteiger partial charge in [0.1, 0.15) is 5.75 Å². The number of hydrogen-bond acceptors (Lipinski definition) is 2. The number of benzene rings is 1. The van der Waals surface area contributed by atoms with Gasteiger partial charge >= 0.3 is 0 Å². The second-order valence-corrected chi connectivity index (χ2v) is 5.58. The molecule has 0 fully saturated rings. The van der Waals surface area contributed by atoms with E-state index in [1.54, 1.807) is 0 Å². The van der Waals surface area contributed by atoms with E-state index >= 15 is 0 Å². The standard InChI is InChI=1S/C18H31NO/c1-5-8-9-16(6-2)14-20-18-12-10-17(11-13-18)15(4)19-7-3/h10-13,15-16,19H,5-9,14H2,1-4H3. The number of hydrogen-bond donors (Lipinski definition) is 1. The van der Waals surface area contributed by atoms with E-state index in [1.165, 1.54) is 31.2 Å². The fraction of sp³-hybridized carbons (Fsp3) is 0.667. The summed E-state index contributed by atoms with van der Waals surface area (Å²) < 4.78 is 5.93. The number of ether oxygens (including phenoxy) is 1. The smallest absolute Gasteiger partial charge is 0.119 e. The van der Waals surface area contributed by atoms with Crippen LogP contribution in [0, 0.1) is 5.92 Å². The Labute approximate surface area is 124 Å². The molecule has 2 nitrogen and oxygen atoms in total. The molecule has 0 saturated heterocycles. The van der Waals surface area contributed by atoms with Crippen molar-refractivity contribution < 1.29 is 4.74 Å². The molecule has 0 aromatic heterocycles. The molecule has 1 aromatic carbocycles. The Morgan fingerprint density at radius 3 is 2.35 bits per heavy atom. The summed E-state index contributed by atoms with van der Waals surface area (Å²) in [5.74, 6) is 1.68. The predicted octanol–water partition coefficient (Wildman–Crippen LogP) is 4.95. The Morgan fingerprint density at radius 1 is 1.10 bits per heavy atom. The average Bonchev–Trinajstić information content (AvgIpc) is 2.48. The van der Waals surface area contributed by atoms with Crippen LogP contribution in [0.1, 0.15) is 65.0 Å². The molecule has 1 aromatic rings. The van der Waals surface area contributed by atoms with Gasteiger partial charge < -0.3 is 10.1 Å². The van der Waals surface area contributed by atoms with Crippen LogP contribution >= 0.6 is 0 Å². The maximum Gasteiger partial charge on any atom is 0.119 e. The van der Waals surface area contributed by atoms with Crippen molar-refractivity contribution in [2.75, 3.05) is 13.2 Å². The maximum absolute atomic E-state index is 5.93. The van der Waals surface area contributed by atoms with Crippen LogP contribution in [0.25, 0.3) is 0 Å². The van der Waals surface area contributed by atoms with E-state index in [4.69, 9.17) is 4.74 Å². The third-order valence-electron chi connectivity index (χ3n) is 3.92. The first-order valence-electron chi connectivity index (χ1n) is 8.17. The lowest BCUT2D eigenvalue weighted by Gasteiger charge is -2.17. The first-order chi connectivity index (χ1) is 9.71. The quantitative estimate of drug-likeness (QED) is 0.653. The van der Waals surface area contributed by atoms with Gasteiger partial charge in [0, 0.05) is 6.04 Å². The Morgan fingerprint density at radius 2 is 1.80 bits per heavy atom. The molecule has 0 bridgehead atoms. The van der Waals surface area contributed by atoms with Gasteiger partial charge in [-0.25, -0.2) is 0 Å². The molecule has 0 saturated carbocycles. The van der Waals surface area contributed by atoms with Crippen molar-refractivity contribution in [1.29, 1.82) is 0 Å². The van der Waals surface area contributed by atoms with Crippen LogP contribution in [-0.2, 0) is 0 Å². The molecule has 0 spiro atoms. The molecule has 20 heavy (non-hydrogen) atoms. The lowest BCUT2D eigenvalue weighted by atomic mass is 10.0. The molecule has 0 heterocycles. The highest BCUT2D eigenvalue weighted by Crippen LogP contribution is 2.19. The lowest BCUT2D eigenvalue weighted by Crippen LogP contribution is -2.17. The molecule has 0 amide bonds. The Bertz CT molecular complexity index is 347. The zero-order valence-corrected chi connectivity index (χ0v) is 13.6. The van der Waals surface area contributed by atoms with E-state index in [9.17, 15) is 0 Å². The van der Waals surface area contributed by atoms with Gasteiger partial charge in [-0.05, 0) is 43.5 Å². The summed E-state index contributed by atoms with van der Waals surface area (Å²) >= 11 is 0. The van der Waals surface area contributed by atoms with Gasteiger partial charge in [0.15, 0.2) is 0 Å². The molecule has 2 atom stereocenters. The maximum atomic E-state index is 5.93. The zero-order chi connectivity index (χ0) is 14.8. The average molecular weight is 277 g/mol. The highest BCUT2D eigenvalue weighted by Gasteiger charge is 2.07. The minimum absolute atomic E-state index is 0.405. The van der Waals surface area contributed by atoms with E-state index in [0.29, 0.717) is 12.0 Å². The fourth-order valence-corrected chi connectivity index (χ4v) is 2.39. The minimum Gasteiger partial charge on any atom is -0.493 e. The van der Waals surface area contributed by atoms with E-state index in [-0.39, 0.29) is 0 Å². The highest BCUT2D eigenvalue weighted by molar-refractivity contribution is 5.28. The van der Waals surface area contributed by atoms with E-state index < -0.39 is 0 Å². The van der Waals surface area contributed by atoms with Crippen LogP contribution in [0.5, 0.6) is 5.75 Å². The summed E-state index contributed by atoms with van der Waals surface area (Å²) in [5.41, 5.74) is 1.32. The van der Waals surface area contributed by atoms with Crippen molar-refractivity contribution in [2.24, 2.45) is 5.92 Å². The molecule has 0 aliphatic rings. The molecule has 0 radical (unpaired) electrons. The van der Waals surface area contributed by atoms with Crippen LogP contribution in [-0.4, -0.2) is 13.2 Å². The summed E-state index contributed by atoms with van der Waals surface area (Å²) in [4.78, 5) is 0. The fourth-order valence-electron chi connectivity index (χ4n) is 2.39. The number of rotatable bonds is 10. The van der Waals surface area contributed by atoms with Crippen LogP contribution < -0.4 is 10.1 Å². The van der Waals surface area contributed by atoms with Crippen LogP contribution in [0.4, 0.5) is 0 Å². The largest absolute Gasteiger partial charge is 0.493 e. The van der Waals surface area contributed by atoms with Crippen molar-refractivity contribution >= 4 is 0 Å². The third kappa shape index (κ3) is 5.96. The van der Waals surface area contributed by atoms with Gasteiger partial charge in [0.05, 0.1) is 6.61 Å². The minimum atomic E-state index is 0.405. The third-order valence-corrected chi connectivity index (χ3v) is 3.92. The highest BCUT2D eigenvalue weighted by atomic mass is 16.5. The van der Waals surface area contributed by atoms with Crippen molar-refractivity contribution in [1.82, 2.24) is 5.32 Å². The van der Waals surface area contributed by atoms with Crippen LogP contribution in [0.15, 0.2) is 24.3 Å². The van der Waals surface area contributed by atoms with Crippen molar-refractivity contribution in [3.05, 3.63) is 29.8 Å². The monoisotopic (exact) mass is 277 g/mol. The second-order valence-electron chi connectivity index (χ2n) is 5.58. The molecule has 114 valence electrons. The molecular formula is C18H31NO. The van der Waals surface area contributed by atoms with E-state index in [1.807, 2.05) is 0 Å². The number of unbranched alkanes of at least 4 members (excludes halogenated alkanes) is 1. The zero-order valence-electron chi connectivity index (χ0n) is 13.6. The van der Waals surface area contributed by atoms with Crippen LogP contribution in [0.2, 0.25) is 0 Å². The van der Waals surface area contributed by atoms with E-state index in [2.05, 4.69) is 57.3 Å². The first-order valence-corrected chi connectivity index (χ1v) is 8.17. The van der Waals surface area contributed by atoms with Gasteiger partial charge in [-0.1, -0.05) is 52.2 Å². The van der Waals surface area contributed by atoms with E-state index in [0.717, 1.165) is 18.9 Å².